The number of carbonyl (C=O) groups excluding carboxylic acids is 2. The van der Waals surface area contributed by atoms with Crippen LogP contribution in [0.1, 0.15) is 50.9 Å². The summed E-state index contributed by atoms with van der Waals surface area (Å²) in [5.74, 6) is 0.298. The Morgan fingerprint density at radius 2 is 1.68 bits per heavy atom. The van der Waals surface area contributed by atoms with E-state index in [4.69, 9.17) is 0 Å². The first-order valence-electron chi connectivity index (χ1n) is 9.23. The van der Waals surface area contributed by atoms with Crippen molar-refractivity contribution in [3.05, 3.63) is 87.6 Å². The fourth-order valence-corrected chi connectivity index (χ4v) is 3.49. The predicted octanol–water partition coefficient (Wildman–Crippen LogP) is 5.40. The summed E-state index contributed by atoms with van der Waals surface area (Å²) in [6.45, 7) is 4.88. The van der Waals surface area contributed by atoms with Gasteiger partial charge in [0.2, 0.25) is 0 Å². The number of benzene rings is 2. The minimum atomic E-state index is -0.143. The molecule has 0 aliphatic rings. The molecule has 1 N–H and O–H groups in total. The van der Waals surface area contributed by atoms with E-state index in [0.29, 0.717) is 28.6 Å². The highest BCUT2D eigenvalue weighted by atomic mass is 32.1. The summed E-state index contributed by atoms with van der Waals surface area (Å²) in [5.41, 5.74) is 3.65. The van der Waals surface area contributed by atoms with Crippen LogP contribution in [-0.2, 0) is 6.54 Å². The molecule has 28 heavy (non-hydrogen) atoms. The normalized spacial score (nSPS) is 10.7. The van der Waals surface area contributed by atoms with Crippen molar-refractivity contribution in [1.29, 1.82) is 0 Å². The number of amides is 2. The number of carbonyl (C=O) groups is 2. The van der Waals surface area contributed by atoms with Crippen molar-refractivity contribution >= 4 is 28.8 Å². The Morgan fingerprint density at radius 1 is 1.00 bits per heavy atom. The summed E-state index contributed by atoms with van der Waals surface area (Å²) in [6, 6.07) is 19.0. The van der Waals surface area contributed by atoms with Gasteiger partial charge in [0.05, 0.1) is 4.88 Å². The largest absolute Gasteiger partial charge is 0.337 e. The molecule has 144 valence electrons. The second kappa shape index (κ2) is 8.85. The third-order valence-corrected chi connectivity index (χ3v) is 5.42. The van der Waals surface area contributed by atoms with E-state index < -0.39 is 0 Å². The van der Waals surface area contributed by atoms with Crippen LogP contribution in [0.15, 0.2) is 66.0 Å². The lowest BCUT2D eigenvalue weighted by Gasteiger charge is -2.18. The smallest absolute Gasteiger partial charge is 0.265 e. The highest BCUT2D eigenvalue weighted by molar-refractivity contribution is 7.12. The summed E-state index contributed by atoms with van der Waals surface area (Å²) < 4.78 is 0. The summed E-state index contributed by atoms with van der Waals surface area (Å²) in [7, 11) is 1.80. The third-order valence-electron chi connectivity index (χ3n) is 4.55. The van der Waals surface area contributed by atoms with Gasteiger partial charge in [0, 0.05) is 24.8 Å². The Hall–Kier alpha value is -2.92. The lowest BCUT2D eigenvalue weighted by Crippen LogP contribution is -2.26. The van der Waals surface area contributed by atoms with Crippen LogP contribution in [0.4, 0.5) is 5.69 Å². The Kier molecular flexibility index (Phi) is 6.26. The molecule has 1 aromatic heterocycles. The van der Waals surface area contributed by atoms with Crippen LogP contribution in [0.3, 0.4) is 0 Å². The zero-order chi connectivity index (χ0) is 20.1. The van der Waals surface area contributed by atoms with Gasteiger partial charge in [0.15, 0.2) is 0 Å². The number of nitrogens with one attached hydrogen (secondary N) is 1. The molecule has 0 aliphatic carbocycles. The fraction of sp³-hybridized carbons (Fsp3) is 0.217. The van der Waals surface area contributed by atoms with E-state index in [0.717, 1.165) is 5.56 Å². The summed E-state index contributed by atoms with van der Waals surface area (Å²) >= 11 is 1.39. The molecule has 5 heteroatoms. The molecule has 0 aliphatic heterocycles. The van der Waals surface area contributed by atoms with Crippen molar-refractivity contribution in [1.82, 2.24) is 4.90 Å². The maximum absolute atomic E-state index is 12.7. The van der Waals surface area contributed by atoms with E-state index in [1.807, 2.05) is 11.4 Å². The van der Waals surface area contributed by atoms with E-state index in [1.54, 1.807) is 42.3 Å². The van der Waals surface area contributed by atoms with Gasteiger partial charge in [-0.15, -0.1) is 11.3 Å². The van der Waals surface area contributed by atoms with Crippen molar-refractivity contribution in [2.75, 3.05) is 12.4 Å². The van der Waals surface area contributed by atoms with E-state index in [9.17, 15) is 9.59 Å². The first-order valence-corrected chi connectivity index (χ1v) is 10.1. The number of hydrogen-bond acceptors (Lipinski definition) is 3. The average molecular weight is 393 g/mol. The van der Waals surface area contributed by atoms with Crippen LogP contribution < -0.4 is 5.32 Å². The Labute approximate surface area is 169 Å². The van der Waals surface area contributed by atoms with Gasteiger partial charge < -0.3 is 10.2 Å². The van der Waals surface area contributed by atoms with Crippen molar-refractivity contribution in [2.45, 2.75) is 26.3 Å². The summed E-state index contributed by atoms with van der Waals surface area (Å²) in [6.07, 6.45) is 0. The van der Waals surface area contributed by atoms with Crippen LogP contribution in [0.25, 0.3) is 0 Å². The van der Waals surface area contributed by atoms with Gasteiger partial charge >= 0.3 is 0 Å². The van der Waals surface area contributed by atoms with Gasteiger partial charge in [0.25, 0.3) is 11.8 Å². The highest BCUT2D eigenvalue weighted by Crippen LogP contribution is 2.17. The maximum Gasteiger partial charge on any atom is 0.265 e. The minimum Gasteiger partial charge on any atom is -0.337 e. The first-order chi connectivity index (χ1) is 13.4. The molecule has 3 rings (SSSR count). The zero-order valence-electron chi connectivity index (χ0n) is 16.3. The molecule has 0 saturated carbocycles. The lowest BCUT2D eigenvalue weighted by molar-refractivity contribution is 0.0785. The van der Waals surface area contributed by atoms with E-state index >= 15 is 0 Å². The number of anilines is 1. The molecule has 4 nitrogen and oxygen atoms in total. The predicted molar refractivity (Wildman–Crippen MR) is 115 cm³/mol. The van der Waals surface area contributed by atoms with Gasteiger partial charge in [0.1, 0.15) is 0 Å². The lowest BCUT2D eigenvalue weighted by atomic mass is 10.0. The summed E-state index contributed by atoms with van der Waals surface area (Å²) in [4.78, 5) is 27.1. The standard InChI is InChI=1S/C23H24N2O2S/c1-16(2)18-8-6-17(7-9-18)15-25(3)23(27)19-10-12-20(13-11-19)24-22(26)21-5-4-14-28-21/h4-14,16H,15H2,1-3H3,(H,24,26). The molecular formula is C23H24N2O2S. The van der Waals surface area contributed by atoms with Gasteiger partial charge in [-0.2, -0.15) is 0 Å². The molecular weight excluding hydrogens is 368 g/mol. The van der Waals surface area contributed by atoms with Crippen LogP contribution in [0.5, 0.6) is 0 Å². The van der Waals surface area contributed by atoms with E-state index in [-0.39, 0.29) is 11.8 Å². The molecule has 2 aromatic carbocycles. The topological polar surface area (TPSA) is 49.4 Å². The fourth-order valence-electron chi connectivity index (χ4n) is 2.87. The quantitative estimate of drug-likeness (QED) is 0.611. The minimum absolute atomic E-state index is 0.0518. The Balaban J connectivity index is 1.61. The molecule has 0 bridgehead atoms. The first kappa shape index (κ1) is 19.8. The zero-order valence-corrected chi connectivity index (χ0v) is 17.1. The Bertz CT molecular complexity index is 930. The van der Waals surface area contributed by atoms with Crippen molar-refractivity contribution in [2.24, 2.45) is 0 Å². The van der Waals surface area contributed by atoms with Gasteiger partial charge in [-0.1, -0.05) is 44.2 Å². The average Bonchev–Trinajstić information content (AvgIpc) is 3.23. The molecule has 2 amide bonds. The molecule has 0 saturated heterocycles. The molecule has 0 spiro atoms. The third kappa shape index (κ3) is 4.87. The van der Waals surface area contributed by atoms with Gasteiger partial charge in [-0.25, -0.2) is 0 Å². The molecule has 0 radical (unpaired) electrons. The van der Waals surface area contributed by atoms with Crippen molar-refractivity contribution < 1.29 is 9.59 Å². The van der Waals surface area contributed by atoms with Crippen LogP contribution in [0.2, 0.25) is 0 Å². The Morgan fingerprint density at radius 3 is 2.25 bits per heavy atom. The molecule has 1 heterocycles. The maximum atomic E-state index is 12.7. The van der Waals surface area contributed by atoms with Crippen LogP contribution >= 0.6 is 11.3 Å². The number of thiophene rings is 1. The second-order valence-electron chi connectivity index (χ2n) is 7.07. The number of hydrogen-bond donors (Lipinski definition) is 1. The monoisotopic (exact) mass is 392 g/mol. The van der Waals surface area contributed by atoms with E-state index in [2.05, 4.69) is 43.4 Å². The SMILES string of the molecule is CC(C)c1ccc(CN(C)C(=O)c2ccc(NC(=O)c3cccs3)cc2)cc1. The molecule has 3 aromatic rings. The second-order valence-corrected chi connectivity index (χ2v) is 8.01. The molecule has 0 fully saturated rings. The van der Waals surface area contributed by atoms with Crippen LogP contribution in [-0.4, -0.2) is 23.8 Å². The highest BCUT2D eigenvalue weighted by Gasteiger charge is 2.13. The molecule has 0 atom stereocenters. The number of rotatable bonds is 6. The van der Waals surface area contributed by atoms with E-state index in [1.165, 1.54) is 16.9 Å². The van der Waals surface area contributed by atoms with Crippen LogP contribution in [0, 0.1) is 0 Å². The molecule has 0 unspecified atom stereocenters. The van der Waals surface area contributed by atoms with Gasteiger partial charge in [-0.3, -0.25) is 9.59 Å². The van der Waals surface area contributed by atoms with Gasteiger partial charge in [-0.05, 0) is 52.8 Å². The number of nitrogens with zero attached hydrogens (tertiary/aromatic N) is 1. The van der Waals surface area contributed by atoms with Crippen molar-refractivity contribution in [3.63, 3.8) is 0 Å². The summed E-state index contributed by atoms with van der Waals surface area (Å²) in [5, 5.41) is 4.70. The van der Waals surface area contributed by atoms with Crippen molar-refractivity contribution in [3.8, 4) is 0 Å².